The van der Waals surface area contributed by atoms with E-state index in [-0.39, 0.29) is 11.8 Å². The number of anilines is 2. The van der Waals surface area contributed by atoms with Crippen LogP contribution in [0, 0.1) is 11.3 Å². The molecule has 0 unspecified atom stereocenters. The van der Waals surface area contributed by atoms with Crippen molar-refractivity contribution in [3.8, 4) is 6.07 Å². The van der Waals surface area contributed by atoms with E-state index < -0.39 is 0 Å². The highest BCUT2D eigenvalue weighted by Crippen LogP contribution is 2.32. The van der Waals surface area contributed by atoms with Crippen LogP contribution in [0.2, 0.25) is 0 Å². The van der Waals surface area contributed by atoms with Crippen LogP contribution in [-0.2, 0) is 4.79 Å². The number of rotatable bonds is 2. The summed E-state index contributed by atoms with van der Waals surface area (Å²) in [6.07, 6.45) is 1.63. The van der Waals surface area contributed by atoms with Gasteiger partial charge >= 0.3 is 0 Å². The lowest BCUT2D eigenvalue weighted by molar-refractivity contribution is -0.113. The summed E-state index contributed by atoms with van der Waals surface area (Å²) in [6, 6.07) is 11.0. The number of nitriles is 1. The Morgan fingerprint density at radius 1 is 1.19 bits per heavy atom. The van der Waals surface area contributed by atoms with Crippen molar-refractivity contribution in [3.05, 3.63) is 47.7 Å². The van der Waals surface area contributed by atoms with E-state index in [0.29, 0.717) is 48.7 Å². The Kier molecular flexibility index (Phi) is 4.69. The minimum atomic E-state index is -0.0437. The van der Waals surface area contributed by atoms with Gasteiger partial charge in [0.25, 0.3) is 5.91 Å². The monoisotopic (exact) mass is 379 g/mol. The Morgan fingerprint density at radius 2 is 2.00 bits per heavy atom. The quantitative estimate of drug-likeness (QED) is 0.858. The highest BCUT2D eigenvalue weighted by atomic mass is 32.2. The first-order valence-corrected chi connectivity index (χ1v) is 9.60. The molecule has 0 radical (unpaired) electrons. The van der Waals surface area contributed by atoms with Crippen molar-refractivity contribution in [2.75, 3.05) is 42.1 Å². The molecule has 2 aromatic rings. The molecule has 3 heterocycles. The fourth-order valence-corrected chi connectivity index (χ4v) is 3.99. The molecule has 0 saturated carbocycles. The van der Waals surface area contributed by atoms with Crippen LogP contribution in [0.1, 0.15) is 15.9 Å². The average molecular weight is 379 g/mol. The van der Waals surface area contributed by atoms with Crippen LogP contribution in [0.5, 0.6) is 0 Å². The summed E-state index contributed by atoms with van der Waals surface area (Å²) in [5.41, 5.74) is 1.86. The van der Waals surface area contributed by atoms with E-state index in [4.69, 9.17) is 5.26 Å². The van der Waals surface area contributed by atoms with Crippen molar-refractivity contribution < 1.29 is 9.59 Å². The van der Waals surface area contributed by atoms with Crippen LogP contribution in [0.15, 0.2) is 41.4 Å². The van der Waals surface area contributed by atoms with Crippen molar-refractivity contribution in [2.24, 2.45) is 0 Å². The SMILES string of the molecule is N#Cc1ccnc(N2CCN(C(=O)c3ccc4c(c3)NC(=O)CS4)CC2)c1. The van der Waals surface area contributed by atoms with E-state index in [0.717, 1.165) is 10.7 Å². The smallest absolute Gasteiger partial charge is 0.254 e. The normalized spacial score (nSPS) is 16.3. The summed E-state index contributed by atoms with van der Waals surface area (Å²) in [6.45, 7) is 2.47. The number of fused-ring (bicyclic) bond motifs is 1. The molecule has 136 valence electrons. The van der Waals surface area contributed by atoms with E-state index in [9.17, 15) is 9.59 Å². The Hall–Kier alpha value is -3.05. The number of piperazine rings is 1. The molecular formula is C19H17N5O2S. The molecule has 27 heavy (non-hydrogen) atoms. The standard InChI is InChI=1S/C19H17N5O2S/c20-11-13-3-4-21-17(9-13)23-5-7-24(8-6-23)19(26)14-1-2-16-15(10-14)22-18(25)12-27-16/h1-4,9-10H,5-8,12H2,(H,22,25). The van der Waals surface area contributed by atoms with Gasteiger partial charge in [0.2, 0.25) is 5.91 Å². The summed E-state index contributed by atoms with van der Waals surface area (Å²) >= 11 is 1.48. The van der Waals surface area contributed by atoms with Crippen molar-refractivity contribution >= 4 is 35.1 Å². The third-order valence-electron chi connectivity index (χ3n) is 4.62. The van der Waals surface area contributed by atoms with Crippen LogP contribution in [0.25, 0.3) is 0 Å². The van der Waals surface area contributed by atoms with Crippen LogP contribution in [-0.4, -0.2) is 53.6 Å². The molecule has 7 nitrogen and oxygen atoms in total. The maximum Gasteiger partial charge on any atom is 0.254 e. The highest BCUT2D eigenvalue weighted by molar-refractivity contribution is 8.00. The Morgan fingerprint density at radius 3 is 2.78 bits per heavy atom. The van der Waals surface area contributed by atoms with E-state index in [1.54, 1.807) is 24.4 Å². The van der Waals surface area contributed by atoms with Crippen molar-refractivity contribution in [3.63, 3.8) is 0 Å². The minimum Gasteiger partial charge on any atom is -0.353 e. The first kappa shape index (κ1) is 17.4. The largest absolute Gasteiger partial charge is 0.353 e. The van der Waals surface area contributed by atoms with Gasteiger partial charge in [-0.1, -0.05) is 0 Å². The number of carbonyl (C=O) groups is 2. The topological polar surface area (TPSA) is 89.3 Å². The van der Waals surface area contributed by atoms with Gasteiger partial charge in [0.05, 0.1) is 23.1 Å². The number of thioether (sulfide) groups is 1. The van der Waals surface area contributed by atoms with Gasteiger partial charge in [0.1, 0.15) is 5.82 Å². The molecule has 2 amide bonds. The second-order valence-electron chi connectivity index (χ2n) is 6.34. The molecule has 0 spiro atoms. The fourth-order valence-electron chi connectivity index (χ4n) is 3.20. The number of amides is 2. The van der Waals surface area contributed by atoms with Crippen molar-refractivity contribution in [1.29, 1.82) is 5.26 Å². The molecule has 1 N–H and O–H groups in total. The van der Waals surface area contributed by atoms with Gasteiger partial charge in [0, 0.05) is 42.8 Å². The zero-order valence-corrected chi connectivity index (χ0v) is 15.3. The Labute approximate surface area is 161 Å². The maximum absolute atomic E-state index is 12.8. The number of hydrogen-bond donors (Lipinski definition) is 1. The first-order valence-electron chi connectivity index (χ1n) is 8.61. The molecule has 8 heteroatoms. The van der Waals surface area contributed by atoms with Gasteiger partial charge in [-0.05, 0) is 30.3 Å². The molecule has 1 fully saturated rings. The molecule has 2 aliphatic rings. The molecule has 4 rings (SSSR count). The van der Waals surface area contributed by atoms with E-state index >= 15 is 0 Å². The van der Waals surface area contributed by atoms with E-state index in [1.165, 1.54) is 11.8 Å². The maximum atomic E-state index is 12.8. The number of hydrogen-bond acceptors (Lipinski definition) is 6. The zero-order valence-electron chi connectivity index (χ0n) is 14.5. The number of nitrogens with one attached hydrogen (secondary N) is 1. The number of nitrogens with zero attached hydrogens (tertiary/aromatic N) is 4. The molecule has 1 aromatic carbocycles. The number of benzene rings is 1. The predicted octanol–water partition coefficient (Wildman–Crippen LogP) is 1.96. The minimum absolute atomic E-state index is 0.0407. The third kappa shape index (κ3) is 3.59. The molecule has 1 aromatic heterocycles. The summed E-state index contributed by atoms with van der Waals surface area (Å²) in [7, 11) is 0. The molecule has 2 aliphatic heterocycles. The molecular weight excluding hydrogens is 362 g/mol. The van der Waals surface area contributed by atoms with Gasteiger partial charge in [-0.25, -0.2) is 4.98 Å². The van der Waals surface area contributed by atoms with Crippen LogP contribution in [0.4, 0.5) is 11.5 Å². The van der Waals surface area contributed by atoms with Crippen LogP contribution < -0.4 is 10.2 Å². The van der Waals surface area contributed by atoms with Gasteiger partial charge in [-0.3, -0.25) is 9.59 Å². The average Bonchev–Trinajstić information content (AvgIpc) is 2.73. The summed E-state index contributed by atoms with van der Waals surface area (Å²) in [4.78, 5) is 33.6. The van der Waals surface area contributed by atoms with E-state index in [2.05, 4.69) is 21.3 Å². The lowest BCUT2D eigenvalue weighted by Crippen LogP contribution is -2.49. The highest BCUT2D eigenvalue weighted by Gasteiger charge is 2.24. The van der Waals surface area contributed by atoms with Gasteiger partial charge in [-0.2, -0.15) is 5.26 Å². The first-order chi connectivity index (χ1) is 13.1. The van der Waals surface area contributed by atoms with Crippen molar-refractivity contribution in [1.82, 2.24) is 9.88 Å². The zero-order chi connectivity index (χ0) is 18.8. The fraction of sp³-hybridized carbons (Fsp3) is 0.263. The molecule has 0 bridgehead atoms. The van der Waals surface area contributed by atoms with Crippen LogP contribution in [0.3, 0.4) is 0 Å². The number of carbonyl (C=O) groups excluding carboxylic acids is 2. The number of aromatic nitrogens is 1. The van der Waals surface area contributed by atoms with Crippen LogP contribution >= 0.6 is 11.8 Å². The summed E-state index contributed by atoms with van der Waals surface area (Å²) in [5, 5.41) is 11.8. The Balaban J connectivity index is 1.44. The van der Waals surface area contributed by atoms with Crippen molar-refractivity contribution in [2.45, 2.75) is 4.90 Å². The predicted molar refractivity (Wildman–Crippen MR) is 103 cm³/mol. The van der Waals surface area contributed by atoms with Gasteiger partial charge < -0.3 is 15.1 Å². The van der Waals surface area contributed by atoms with Gasteiger partial charge in [0.15, 0.2) is 0 Å². The second-order valence-corrected chi connectivity index (χ2v) is 7.36. The lowest BCUT2D eigenvalue weighted by Gasteiger charge is -2.35. The lowest BCUT2D eigenvalue weighted by atomic mass is 10.1. The molecule has 0 atom stereocenters. The molecule has 0 aliphatic carbocycles. The molecule has 1 saturated heterocycles. The Bertz CT molecular complexity index is 947. The number of pyridine rings is 1. The third-order valence-corrected chi connectivity index (χ3v) is 5.70. The van der Waals surface area contributed by atoms with E-state index in [1.807, 2.05) is 17.0 Å². The summed E-state index contributed by atoms with van der Waals surface area (Å²) in [5.74, 6) is 1.08. The summed E-state index contributed by atoms with van der Waals surface area (Å²) < 4.78 is 0. The van der Waals surface area contributed by atoms with Gasteiger partial charge in [-0.15, -0.1) is 11.8 Å². The second kappa shape index (κ2) is 7.29.